The summed E-state index contributed by atoms with van der Waals surface area (Å²) in [6.07, 6.45) is 0.993. The average molecular weight is 304 g/mol. The van der Waals surface area contributed by atoms with Crippen LogP contribution in [0.1, 0.15) is 11.1 Å². The molecule has 0 saturated carbocycles. The lowest BCUT2D eigenvalue weighted by atomic mass is 10.2. The summed E-state index contributed by atoms with van der Waals surface area (Å²) < 4.78 is 27.6. The number of sulfonamides is 1. The van der Waals surface area contributed by atoms with E-state index in [0.29, 0.717) is 0 Å². The first-order valence-corrected chi connectivity index (χ1v) is 7.44. The van der Waals surface area contributed by atoms with Gasteiger partial charge in [0.2, 0.25) is 0 Å². The van der Waals surface area contributed by atoms with Gasteiger partial charge in [-0.15, -0.1) is 0 Å². The summed E-state index contributed by atoms with van der Waals surface area (Å²) in [6, 6.07) is 12.0. The van der Waals surface area contributed by atoms with Crippen LogP contribution in [0.2, 0.25) is 0 Å². The number of rotatable bonds is 4. The van der Waals surface area contributed by atoms with Gasteiger partial charge in [0.15, 0.2) is 0 Å². The van der Waals surface area contributed by atoms with Gasteiger partial charge in [0.25, 0.3) is 15.7 Å². The molecule has 0 aliphatic rings. The molecule has 0 bridgehead atoms. The van der Waals surface area contributed by atoms with Gasteiger partial charge in [0.05, 0.1) is 21.6 Å². The number of nitro benzene ring substituents is 1. The molecule has 0 atom stereocenters. The number of hydrogen-bond donors (Lipinski definition) is 0. The van der Waals surface area contributed by atoms with Gasteiger partial charge < -0.3 is 0 Å². The van der Waals surface area contributed by atoms with Crippen LogP contribution in [0.4, 0.5) is 5.69 Å². The molecule has 6 nitrogen and oxygen atoms in total. The zero-order chi connectivity index (χ0) is 15.5. The third-order valence-electron chi connectivity index (χ3n) is 2.78. The van der Waals surface area contributed by atoms with E-state index in [9.17, 15) is 18.5 Å². The predicted octanol–water partition coefficient (Wildman–Crippen LogP) is 2.71. The third-order valence-corrected chi connectivity index (χ3v) is 4.03. The quantitative estimate of drug-likeness (QED) is 0.493. The summed E-state index contributed by atoms with van der Waals surface area (Å²) in [7, 11) is -3.87. The van der Waals surface area contributed by atoms with Crippen LogP contribution in [0.15, 0.2) is 57.8 Å². The number of para-hydroxylation sites is 1. The molecule has 0 saturated heterocycles. The fraction of sp³-hybridized carbons (Fsp3) is 0.0714. The summed E-state index contributed by atoms with van der Waals surface area (Å²) in [5.41, 5.74) is 0.871. The van der Waals surface area contributed by atoms with Crippen molar-refractivity contribution in [3.8, 4) is 0 Å². The third kappa shape index (κ3) is 3.51. The van der Waals surface area contributed by atoms with E-state index in [2.05, 4.69) is 4.40 Å². The summed E-state index contributed by atoms with van der Waals surface area (Å²) in [5.74, 6) is 0. The highest BCUT2D eigenvalue weighted by molar-refractivity contribution is 7.90. The minimum Gasteiger partial charge on any atom is -0.258 e. The Labute approximate surface area is 122 Å². The number of benzene rings is 2. The SMILES string of the molecule is Cc1ccc(S(=O)(=O)/N=C/c2ccccc2[N+](=O)[O-])cc1. The average Bonchev–Trinajstić information content (AvgIpc) is 2.46. The van der Waals surface area contributed by atoms with Crippen LogP contribution in [0.3, 0.4) is 0 Å². The highest BCUT2D eigenvalue weighted by atomic mass is 32.2. The molecule has 0 aromatic heterocycles. The lowest BCUT2D eigenvalue weighted by Crippen LogP contribution is -1.99. The van der Waals surface area contributed by atoms with Crippen molar-refractivity contribution < 1.29 is 13.3 Å². The van der Waals surface area contributed by atoms with Crippen molar-refractivity contribution >= 4 is 21.9 Å². The van der Waals surface area contributed by atoms with E-state index in [4.69, 9.17) is 0 Å². The second-order valence-corrected chi connectivity index (χ2v) is 5.97. The van der Waals surface area contributed by atoms with Crippen LogP contribution in [-0.4, -0.2) is 19.6 Å². The number of nitro groups is 1. The molecule has 0 fully saturated rings. The van der Waals surface area contributed by atoms with Crippen LogP contribution < -0.4 is 0 Å². The molecule has 2 rings (SSSR count). The highest BCUT2D eigenvalue weighted by Crippen LogP contribution is 2.17. The number of nitrogens with zero attached hydrogens (tertiary/aromatic N) is 2. The van der Waals surface area contributed by atoms with Gasteiger partial charge in [-0.25, -0.2) is 0 Å². The second kappa shape index (κ2) is 5.84. The Hall–Kier alpha value is -2.54. The van der Waals surface area contributed by atoms with Gasteiger partial charge in [0, 0.05) is 6.07 Å². The molecule has 2 aromatic rings. The van der Waals surface area contributed by atoms with Crippen molar-refractivity contribution in [2.75, 3.05) is 0 Å². The molecule has 0 radical (unpaired) electrons. The maximum Gasteiger partial charge on any atom is 0.282 e. The van der Waals surface area contributed by atoms with Gasteiger partial charge in [-0.05, 0) is 25.1 Å². The molecule has 108 valence electrons. The summed E-state index contributed by atoms with van der Waals surface area (Å²) in [5, 5.41) is 10.8. The molecule has 0 N–H and O–H groups in total. The van der Waals surface area contributed by atoms with Crippen LogP contribution in [0, 0.1) is 17.0 Å². The highest BCUT2D eigenvalue weighted by Gasteiger charge is 2.14. The lowest BCUT2D eigenvalue weighted by Gasteiger charge is -2.00. The smallest absolute Gasteiger partial charge is 0.258 e. The summed E-state index contributed by atoms with van der Waals surface area (Å²) >= 11 is 0. The largest absolute Gasteiger partial charge is 0.282 e. The molecule has 2 aromatic carbocycles. The summed E-state index contributed by atoms with van der Waals surface area (Å²) in [4.78, 5) is 10.3. The van der Waals surface area contributed by atoms with Gasteiger partial charge in [-0.3, -0.25) is 10.1 Å². The Balaban J connectivity index is 2.37. The van der Waals surface area contributed by atoms with Crippen molar-refractivity contribution in [1.82, 2.24) is 0 Å². The van der Waals surface area contributed by atoms with E-state index >= 15 is 0 Å². The molecule has 0 heterocycles. The van der Waals surface area contributed by atoms with Gasteiger partial charge in [0.1, 0.15) is 0 Å². The molecule has 7 heteroatoms. The lowest BCUT2D eigenvalue weighted by molar-refractivity contribution is -0.385. The Morgan fingerprint density at radius 2 is 1.71 bits per heavy atom. The fourth-order valence-corrected chi connectivity index (χ4v) is 2.51. The van der Waals surface area contributed by atoms with Crippen molar-refractivity contribution in [2.24, 2.45) is 4.40 Å². The molecule has 0 spiro atoms. The standard InChI is InChI=1S/C14H12N2O4S/c1-11-6-8-13(9-7-11)21(19,20)15-10-12-4-2-3-5-14(12)16(17)18/h2-10H,1H3/b15-10+. The fourth-order valence-electron chi connectivity index (χ4n) is 1.66. The van der Waals surface area contributed by atoms with Crippen LogP contribution in [0.5, 0.6) is 0 Å². The van der Waals surface area contributed by atoms with Crippen molar-refractivity contribution in [3.63, 3.8) is 0 Å². The monoisotopic (exact) mass is 304 g/mol. The van der Waals surface area contributed by atoms with Crippen molar-refractivity contribution in [3.05, 3.63) is 69.8 Å². The van der Waals surface area contributed by atoms with E-state index in [1.54, 1.807) is 18.2 Å². The Bertz CT molecular complexity index is 796. The first-order valence-electron chi connectivity index (χ1n) is 6.00. The minimum absolute atomic E-state index is 0.0444. The van der Waals surface area contributed by atoms with Crippen molar-refractivity contribution in [1.29, 1.82) is 0 Å². The van der Waals surface area contributed by atoms with Crippen LogP contribution in [-0.2, 0) is 10.0 Å². The Morgan fingerprint density at radius 1 is 1.10 bits per heavy atom. The molecule has 0 unspecified atom stereocenters. The predicted molar refractivity (Wildman–Crippen MR) is 79.1 cm³/mol. The first-order chi connectivity index (χ1) is 9.90. The zero-order valence-electron chi connectivity index (χ0n) is 11.1. The van der Waals surface area contributed by atoms with Gasteiger partial charge >= 0.3 is 0 Å². The molecule has 0 aliphatic heterocycles. The molecular formula is C14H12N2O4S. The molecule has 21 heavy (non-hydrogen) atoms. The molecular weight excluding hydrogens is 292 g/mol. The Morgan fingerprint density at radius 3 is 2.33 bits per heavy atom. The minimum atomic E-state index is -3.87. The first kappa shape index (κ1) is 14.9. The maximum absolute atomic E-state index is 12.0. The normalized spacial score (nSPS) is 11.7. The van der Waals surface area contributed by atoms with E-state index < -0.39 is 14.9 Å². The second-order valence-electron chi connectivity index (χ2n) is 4.34. The van der Waals surface area contributed by atoms with E-state index in [1.807, 2.05) is 6.92 Å². The molecule has 0 aliphatic carbocycles. The van der Waals surface area contributed by atoms with Gasteiger partial charge in [-0.2, -0.15) is 12.8 Å². The number of aryl methyl sites for hydroxylation is 1. The van der Waals surface area contributed by atoms with Crippen molar-refractivity contribution in [2.45, 2.75) is 11.8 Å². The van der Waals surface area contributed by atoms with E-state index in [0.717, 1.165) is 11.8 Å². The Kier molecular flexibility index (Phi) is 4.13. The van der Waals surface area contributed by atoms with Gasteiger partial charge in [-0.1, -0.05) is 29.8 Å². The number of hydrogen-bond acceptors (Lipinski definition) is 4. The molecule has 0 amide bonds. The maximum atomic E-state index is 12.0. The summed E-state index contributed by atoms with van der Waals surface area (Å²) in [6.45, 7) is 1.84. The van der Waals surface area contributed by atoms with Crippen LogP contribution >= 0.6 is 0 Å². The van der Waals surface area contributed by atoms with E-state index in [1.165, 1.54) is 30.3 Å². The van der Waals surface area contributed by atoms with E-state index in [-0.39, 0.29) is 16.1 Å². The zero-order valence-corrected chi connectivity index (χ0v) is 11.9. The topological polar surface area (TPSA) is 89.6 Å². The van der Waals surface area contributed by atoms with Crippen LogP contribution in [0.25, 0.3) is 0 Å².